The molecule has 4 rings (SSSR count). The van der Waals surface area contributed by atoms with Crippen LogP contribution in [-0.4, -0.2) is 26.8 Å². The van der Waals surface area contributed by atoms with Crippen LogP contribution in [0.4, 0.5) is 5.69 Å². The molecule has 2 heterocycles. The van der Waals surface area contributed by atoms with Crippen molar-refractivity contribution in [1.82, 2.24) is 15.4 Å². The Kier molecular flexibility index (Phi) is 4.76. The van der Waals surface area contributed by atoms with Crippen molar-refractivity contribution >= 4 is 63.2 Å². The number of anilines is 1. The summed E-state index contributed by atoms with van der Waals surface area (Å²) >= 11 is 12.8. The molecule has 1 atom stereocenters. The highest BCUT2D eigenvalue weighted by molar-refractivity contribution is 8.00. The van der Waals surface area contributed by atoms with Gasteiger partial charge < -0.3 is 10.3 Å². The predicted molar refractivity (Wildman–Crippen MR) is 111 cm³/mol. The lowest BCUT2D eigenvalue weighted by molar-refractivity contribution is -0.129. The van der Waals surface area contributed by atoms with Crippen molar-refractivity contribution in [1.29, 1.82) is 0 Å². The first-order valence-electron chi connectivity index (χ1n) is 7.95. The SMILES string of the molecule is O=C1CS[C@H](c2c[nH]c3ccccc23)N1NC(=S)Nc1ccc(Cl)cc1. The highest BCUT2D eigenvalue weighted by Crippen LogP contribution is 2.40. The number of thioether (sulfide) groups is 1. The topological polar surface area (TPSA) is 60.2 Å². The van der Waals surface area contributed by atoms with Gasteiger partial charge in [-0.15, -0.1) is 11.8 Å². The molecule has 0 unspecified atom stereocenters. The molecule has 0 aliphatic carbocycles. The number of hydrogen-bond donors (Lipinski definition) is 3. The Morgan fingerprint density at radius 2 is 2.00 bits per heavy atom. The van der Waals surface area contributed by atoms with Crippen molar-refractivity contribution in [2.24, 2.45) is 0 Å². The first kappa shape index (κ1) is 17.2. The third kappa shape index (κ3) is 3.38. The Morgan fingerprint density at radius 3 is 2.81 bits per heavy atom. The largest absolute Gasteiger partial charge is 0.361 e. The number of halogens is 1. The summed E-state index contributed by atoms with van der Waals surface area (Å²) in [5.41, 5.74) is 5.93. The molecular formula is C18H15ClN4OS2. The molecular weight excluding hydrogens is 388 g/mol. The second kappa shape index (κ2) is 7.19. The highest BCUT2D eigenvalue weighted by Gasteiger charge is 2.35. The fourth-order valence-corrected chi connectivity index (χ4v) is 4.35. The maximum Gasteiger partial charge on any atom is 0.252 e. The van der Waals surface area contributed by atoms with Gasteiger partial charge in [-0.1, -0.05) is 29.8 Å². The van der Waals surface area contributed by atoms with Gasteiger partial charge in [0.1, 0.15) is 5.37 Å². The molecule has 1 aliphatic heterocycles. The Labute approximate surface area is 165 Å². The van der Waals surface area contributed by atoms with Crippen LogP contribution < -0.4 is 10.7 Å². The van der Waals surface area contributed by atoms with Gasteiger partial charge in [0.2, 0.25) is 0 Å². The van der Waals surface area contributed by atoms with E-state index in [1.165, 1.54) is 0 Å². The van der Waals surface area contributed by atoms with E-state index in [0.29, 0.717) is 15.9 Å². The number of fused-ring (bicyclic) bond motifs is 1. The molecule has 0 spiro atoms. The number of hydrogen-bond acceptors (Lipinski definition) is 3. The number of hydrazine groups is 1. The number of rotatable bonds is 3. The Balaban J connectivity index is 1.53. The molecule has 132 valence electrons. The monoisotopic (exact) mass is 402 g/mol. The summed E-state index contributed by atoms with van der Waals surface area (Å²) in [6.45, 7) is 0. The first-order valence-corrected chi connectivity index (χ1v) is 9.78. The average Bonchev–Trinajstić information content (AvgIpc) is 3.21. The third-order valence-electron chi connectivity index (χ3n) is 4.08. The molecule has 8 heteroatoms. The molecule has 0 bridgehead atoms. The number of carbonyl (C=O) groups excluding carboxylic acids is 1. The molecule has 0 saturated carbocycles. The van der Waals surface area contributed by atoms with Gasteiger partial charge in [-0.25, -0.2) is 5.01 Å². The molecule has 0 radical (unpaired) electrons. The smallest absolute Gasteiger partial charge is 0.252 e. The Bertz CT molecular complexity index is 973. The molecule has 1 amide bonds. The minimum atomic E-state index is -0.149. The van der Waals surface area contributed by atoms with E-state index in [9.17, 15) is 4.79 Å². The van der Waals surface area contributed by atoms with Crippen molar-refractivity contribution in [3.63, 3.8) is 0 Å². The van der Waals surface area contributed by atoms with Gasteiger partial charge in [0, 0.05) is 33.4 Å². The van der Waals surface area contributed by atoms with Gasteiger partial charge >= 0.3 is 0 Å². The lowest BCUT2D eigenvalue weighted by Gasteiger charge is -2.25. The van der Waals surface area contributed by atoms with E-state index >= 15 is 0 Å². The van der Waals surface area contributed by atoms with Crippen LogP contribution in [0.5, 0.6) is 0 Å². The van der Waals surface area contributed by atoms with Crippen LogP contribution in [0.25, 0.3) is 10.9 Å². The van der Waals surface area contributed by atoms with E-state index in [1.54, 1.807) is 28.9 Å². The van der Waals surface area contributed by atoms with E-state index in [-0.39, 0.29) is 11.3 Å². The first-order chi connectivity index (χ1) is 12.6. The minimum absolute atomic E-state index is 0.00876. The van der Waals surface area contributed by atoms with Gasteiger partial charge in [-0.2, -0.15) is 0 Å². The van der Waals surface area contributed by atoms with Gasteiger partial charge in [0.05, 0.1) is 5.75 Å². The van der Waals surface area contributed by atoms with Gasteiger partial charge in [-0.05, 0) is 42.5 Å². The number of thiocarbonyl (C=S) groups is 1. The summed E-state index contributed by atoms with van der Waals surface area (Å²) in [4.78, 5) is 15.6. The van der Waals surface area contributed by atoms with Crippen LogP contribution in [-0.2, 0) is 4.79 Å². The quantitative estimate of drug-likeness (QED) is 0.570. The fraction of sp³-hybridized carbons (Fsp3) is 0.111. The fourth-order valence-electron chi connectivity index (χ4n) is 2.87. The zero-order valence-electron chi connectivity index (χ0n) is 13.5. The van der Waals surface area contributed by atoms with E-state index in [0.717, 1.165) is 22.2 Å². The van der Waals surface area contributed by atoms with Crippen LogP contribution >= 0.6 is 35.6 Å². The van der Waals surface area contributed by atoms with E-state index in [1.807, 2.05) is 42.6 Å². The summed E-state index contributed by atoms with van der Waals surface area (Å²) in [5.74, 6) is 0.395. The molecule has 1 aliphatic rings. The van der Waals surface area contributed by atoms with Crippen LogP contribution in [0.2, 0.25) is 5.02 Å². The second-order valence-electron chi connectivity index (χ2n) is 5.79. The van der Waals surface area contributed by atoms with Crippen molar-refractivity contribution in [2.75, 3.05) is 11.1 Å². The zero-order chi connectivity index (χ0) is 18.1. The summed E-state index contributed by atoms with van der Waals surface area (Å²) < 4.78 is 0. The predicted octanol–water partition coefficient (Wildman–Crippen LogP) is 4.30. The number of amides is 1. The standard InChI is InChI=1S/C18H15ClN4OS2/c19-11-5-7-12(8-6-11)21-18(25)22-23-16(24)10-26-17(23)14-9-20-15-4-2-1-3-13(14)15/h1-9,17,20H,10H2,(H2,21,22,25)/t17-/m1/s1. The number of nitrogens with one attached hydrogen (secondary N) is 3. The number of para-hydroxylation sites is 1. The molecule has 3 aromatic rings. The number of aromatic amines is 1. The molecule has 26 heavy (non-hydrogen) atoms. The molecule has 3 N–H and O–H groups in total. The van der Waals surface area contributed by atoms with E-state index < -0.39 is 0 Å². The van der Waals surface area contributed by atoms with Gasteiger partial charge in [0.25, 0.3) is 5.91 Å². The van der Waals surface area contributed by atoms with Crippen molar-refractivity contribution in [2.45, 2.75) is 5.37 Å². The van der Waals surface area contributed by atoms with Crippen molar-refractivity contribution in [3.8, 4) is 0 Å². The lowest BCUT2D eigenvalue weighted by Crippen LogP contribution is -2.46. The molecule has 2 aromatic carbocycles. The summed E-state index contributed by atoms with van der Waals surface area (Å²) in [6, 6.07) is 15.2. The van der Waals surface area contributed by atoms with Crippen molar-refractivity contribution < 1.29 is 4.79 Å². The van der Waals surface area contributed by atoms with Crippen molar-refractivity contribution in [3.05, 3.63) is 65.3 Å². The van der Waals surface area contributed by atoms with E-state index in [4.69, 9.17) is 23.8 Å². The average molecular weight is 403 g/mol. The number of aromatic nitrogens is 1. The number of H-pyrrole nitrogens is 1. The Morgan fingerprint density at radius 1 is 1.23 bits per heavy atom. The maximum absolute atomic E-state index is 12.4. The maximum atomic E-state index is 12.4. The summed E-state index contributed by atoms with van der Waals surface area (Å²) in [6.07, 6.45) is 1.95. The number of benzene rings is 2. The zero-order valence-corrected chi connectivity index (χ0v) is 15.9. The number of carbonyl (C=O) groups is 1. The van der Waals surface area contributed by atoms with Gasteiger partial charge in [0.15, 0.2) is 5.11 Å². The molecule has 5 nitrogen and oxygen atoms in total. The third-order valence-corrected chi connectivity index (χ3v) is 5.72. The highest BCUT2D eigenvalue weighted by atomic mass is 35.5. The normalized spacial score (nSPS) is 16.9. The Hall–Kier alpha value is -2.22. The van der Waals surface area contributed by atoms with Crippen LogP contribution in [0.1, 0.15) is 10.9 Å². The minimum Gasteiger partial charge on any atom is -0.361 e. The molecule has 1 saturated heterocycles. The number of nitrogens with zero attached hydrogens (tertiary/aromatic N) is 1. The summed E-state index contributed by atoms with van der Waals surface area (Å²) in [7, 11) is 0. The molecule has 1 aromatic heterocycles. The second-order valence-corrected chi connectivity index (χ2v) is 7.70. The summed E-state index contributed by atoms with van der Waals surface area (Å²) in [5, 5.41) is 6.62. The van der Waals surface area contributed by atoms with Crippen LogP contribution in [0, 0.1) is 0 Å². The van der Waals surface area contributed by atoms with Gasteiger partial charge in [-0.3, -0.25) is 10.2 Å². The van der Waals surface area contributed by atoms with Crippen LogP contribution in [0.3, 0.4) is 0 Å². The van der Waals surface area contributed by atoms with Crippen LogP contribution in [0.15, 0.2) is 54.7 Å². The van der Waals surface area contributed by atoms with E-state index in [2.05, 4.69) is 15.7 Å². The molecule has 1 fully saturated rings. The lowest BCUT2D eigenvalue weighted by atomic mass is 10.1.